The molecule has 3 aliphatic rings. The number of hydrogen-bond acceptors (Lipinski definition) is 4. The van der Waals surface area contributed by atoms with Gasteiger partial charge in [-0.2, -0.15) is 0 Å². The van der Waals surface area contributed by atoms with Gasteiger partial charge in [0, 0.05) is 43.5 Å². The molecule has 1 unspecified atom stereocenters. The van der Waals surface area contributed by atoms with Crippen molar-refractivity contribution in [3.8, 4) is 0 Å². The molecule has 2 fully saturated rings. The number of anilines is 2. The third-order valence-corrected chi connectivity index (χ3v) is 6.85. The molecule has 5 rings (SSSR count). The monoisotopic (exact) mass is 433 g/mol. The summed E-state index contributed by atoms with van der Waals surface area (Å²) in [4.78, 5) is 26.9. The Morgan fingerprint density at radius 3 is 2.34 bits per heavy atom. The summed E-state index contributed by atoms with van der Waals surface area (Å²) in [7, 11) is 0. The molecule has 2 aliphatic heterocycles. The third kappa shape index (κ3) is 4.79. The Morgan fingerprint density at radius 1 is 0.906 bits per heavy atom. The van der Waals surface area contributed by atoms with E-state index in [1.165, 1.54) is 29.5 Å². The van der Waals surface area contributed by atoms with Crippen LogP contribution in [0.2, 0.25) is 0 Å². The quantitative estimate of drug-likeness (QED) is 0.567. The molecule has 1 saturated carbocycles. The molecule has 1 saturated heterocycles. The van der Waals surface area contributed by atoms with Crippen molar-refractivity contribution in [2.45, 2.75) is 57.7 Å². The van der Waals surface area contributed by atoms with E-state index in [0.717, 1.165) is 37.2 Å². The van der Waals surface area contributed by atoms with Crippen molar-refractivity contribution in [3.05, 3.63) is 59.2 Å². The fourth-order valence-electron chi connectivity index (χ4n) is 5.04. The van der Waals surface area contributed by atoms with Gasteiger partial charge < -0.3 is 15.5 Å². The van der Waals surface area contributed by atoms with E-state index in [2.05, 4.69) is 39.7 Å². The van der Waals surface area contributed by atoms with Gasteiger partial charge in [-0.25, -0.2) is 4.79 Å². The lowest BCUT2D eigenvalue weighted by Gasteiger charge is -2.17. The molecule has 4 N–H and O–H groups in total. The van der Waals surface area contributed by atoms with Crippen LogP contribution in [-0.4, -0.2) is 23.4 Å². The Balaban J connectivity index is 1.14. The predicted molar refractivity (Wildman–Crippen MR) is 125 cm³/mol. The third-order valence-electron chi connectivity index (χ3n) is 6.85. The second-order valence-electron chi connectivity index (χ2n) is 9.21. The Hall–Kier alpha value is -2.90. The summed E-state index contributed by atoms with van der Waals surface area (Å²) in [6.45, 7) is 2.21. The maximum absolute atomic E-state index is 12.8. The zero-order chi connectivity index (χ0) is 21.9. The first-order valence-electron chi connectivity index (χ1n) is 11.7. The van der Waals surface area contributed by atoms with Gasteiger partial charge in [0.05, 0.1) is 0 Å². The number of rotatable bonds is 5. The van der Waals surface area contributed by atoms with Gasteiger partial charge in [-0.3, -0.25) is 15.6 Å². The van der Waals surface area contributed by atoms with E-state index in [4.69, 9.17) is 0 Å². The van der Waals surface area contributed by atoms with E-state index in [0.29, 0.717) is 31.5 Å². The molecule has 7 nitrogen and oxygen atoms in total. The summed E-state index contributed by atoms with van der Waals surface area (Å²) < 4.78 is 0. The van der Waals surface area contributed by atoms with Gasteiger partial charge in [0.25, 0.3) is 0 Å². The normalized spacial score (nSPS) is 20.4. The number of benzene rings is 2. The minimum atomic E-state index is -0.110. The van der Waals surface area contributed by atoms with Crippen molar-refractivity contribution in [2.75, 3.05) is 17.2 Å². The highest BCUT2D eigenvalue weighted by Gasteiger charge is 2.25. The zero-order valence-corrected chi connectivity index (χ0v) is 18.3. The van der Waals surface area contributed by atoms with E-state index in [-0.39, 0.29) is 11.9 Å². The van der Waals surface area contributed by atoms with Crippen LogP contribution in [0.25, 0.3) is 0 Å². The Bertz CT molecular complexity index is 978. The maximum atomic E-state index is 12.8. The SMILES string of the molecule is O=C(CC1CCCC1)Nc1ccc(NC(=O)N2Cc3ccc(C4CCNN4)cc3C2)cc1. The van der Waals surface area contributed by atoms with Crippen molar-refractivity contribution in [3.63, 3.8) is 0 Å². The fraction of sp³-hybridized carbons (Fsp3) is 0.440. The van der Waals surface area contributed by atoms with Crippen LogP contribution in [0.15, 0.2) is 42.5 Å². The maximum Gasteiger partial charge on any atom is 0.322 e. The summed E-state index contributed by atoms with van der Waals surface area (Å²) in [5, 5.41) is 5.95. The van der Waals surface area contributed by atoms with Crippen molar-refractivity contribution >= 4 is 23.3 Å². The van der Waals surface area contributed by atoms with Gasteiger partial charge in [-0.1, -0.05) is 31.0 Å². The number of nitrogens with one attached hydrogen (secondary N) is 4. The van der Waals surface area contributed by atoms with Crippen LogP contribution in [0.5, 0.6) is 0 Å². The van der Waals surface area contributed by atoms with Gasteiger partial charge in [-0.15, -0.1) is 0 Å². The predicted octanol–water partition coefficient (Wildman–Crippen LogP) is 4.29. The number of hydrazine groups is 1. The fourth-order valence-corrected chi connectivity index (χ4v) is 5.04. The zero-order valence-electron chi connectivity index (χ0n) is 18.3. The number of fused-ring (bicyclic) bond motifs is 1. The van der Waals surface area contributed by atoms with Crippen molar-refractivity contribution in [1.82, 2.24) is 15.8 Å². The second-order valence-corrected chi connectivity index (χ2v) is 9.21. The summed E-state index contributed by atoms with van der Waals surface area (Å²) in [6.07, 6.45) is 6.47. The summed E-state index contributed by atoms with van der Waals surface area (Å²) in [5.74, 6) is 0.604. The molecular weight excluding hydrogens is 402 g/mol. The van der Waals surface area contributed by atoms with Gasteiger partial charge in [0.15, 0.2) is 0 Å². The summed E-state index contributed by atoms with van der Waals surface area (Å²) in [6, 6.07) is 14.1. The lowest BCUT2D eigenvalue weighted by atomic mass is 10.0. The number of carbonyl (C=O) groups excluding carboxylic acids is 2. The largest absolute Gasteiger partial charge is 0.326 e. The highest BCUT2D eigenvalue weighted by Crippen LogP contribution is 2.29. The highest BCUT2D eigenvalue weighted by atomic mass is 16.2. The molecule has 1 aliphatic carbocycles. The second kappa shape index (κ2) is 9.30. The van der Waals surface area contributed by atoms with Gasteiger partial charge >= 0.3 is 6.03 Å². The first kappa shape index (κ1) is 21.0. The first-order chi connectivity index (χ1) is 15.6. The Labute approximate surface area is 188 Å². The molecule has 2 aromatic rings. The van der Waals surface area contributed by atoms with Crippen LogP contribution in [0, 0.1) is 5.92 Å². The van der Waals surface area contributed by atoms with Crippen LogP contribution >= 0.6 is 0 Å². The number of nitrogens with zero attached hydrogens (tertiary/aromatic N) is 1. The van der Waals surface area contributed by atoms with Crippen LogP contribution in [0.4, 0.5) is 16.2 Å². The van der Waals surface area contributed by atoms with E-state index >= 15 is 0 Å². The van der Waals surface area contributed by atoms with Crippen molar-refractivity contribution < 1.29 is 9.59 Å². The molecule has 2 aromatic carbocycles. The molecular formula is C25H31N5O2. The molecule has 0 spiro atoms. The highest BCUT2D eigenvalue weighted by molar-refractivity contribution is 5.92. The number of hydrogen-bond donors (Lipinski definition) is 4. The number of amides is 3. The number of urea groups is 1. The van der Waals surface area contributed by atoms with E-state index in [1.54, 1.807) is 0 Å². The average Bonchev–Trinajstić information content (AvgIpc) is 3.56. The molecule has 0 aromatic heterocycles. The van der Waals surface area contributed by atoms with E-state index in [9.17, 15) is 9.59 Å². The van der Waals surface area contributed by atoms with E-state index < -0.39 is 0 Å². The average molecular weight is 434 g/mol. The Morgan fingerprint density at radius 2 is 1.62 bits per heavy atom. The minimum Gasteiger partial charge on any atom is -0.326 e. The molecule has 32 heavy (non-hydrogen) atoms. The molecule has 1 atom stereocenters. The minimum absolute atomic E-state index is 0.0754. The van der Waals surface area contributed by atoms with Crippen molar-refractivity contribution in [1.29, 1.82) is 0 Å². The topological polar surface area (TPSA) is 85.5 Å². The summed E-state index contributed by atoms with van der Waals surface area (Å²) in [5.41, 5.74) is 11.6. The van der Waals surface area contributed by atoms with Crippen molar-refractivity contribution in [2.24, 2.45) is 5.92 Å². The molecule has 3 amide bonds. The lowest BCUT2D eigenvalue weighted by molar-refractivity contribution is -0.117. The first-order valence-corrected chi connectivity index (χ1v) is 11.7. The molecule has 2 heterocycles. The van der Waals surface area contributed by atoms with Crippen LogP contribution in [-0.2, 0) is 17.9 Å². The number of carbonyl (C=O) groups is 2. The lowest BCUT2D eigenvalue weighted by Crippen LogP contribution is -2.30. The summed E-state index contributed by atoms with van der Waals surface area (Å²) >= 11 is 0. The molecule has 0 bridgehead atoms. The van der Waals surface area contributed by atoms with Gasteiger partial charge in [0.1, 0.15) is 0 Å². The molecule has 0 radical (unpaired) electrons. The Kier molecular flexibility index (Phi) is 6.10. The van der Waals surface area contributed by atoms with Crippen LogP contribution < -0.4 is 21.5 Å². The standard InChI is InChI=1S/C25H31N5O2/c31-24(13-17-3-1-2-4-17)27-21-7-9-22(10-8-21)28-25(32)30-15-19-6-5-18(14-20(19)16-30)23-11-12-26-29-23/h5-10,14,17,23,26,29H,1-4,11-13,15-16H2,(H,27,31)(H,28,32). The smallest absolute Gasteiger partial charge is 0.322 e. The molecule has 7 heteroatoms. The molecule has 168 valence electrons. The van der Waals surface area contributed by atoms with Crippen LogP contribution in [0.1, 0.15) is 61.3 Å². The van der Waals surface area contributed by atoms with Gasteiger partial charge in [-0.05, 0) is 66.1 Å². The van der Waals surface area contributed by atoms with Gasteiger partial charge in [0.2, 0.25) is 5.91 Å². The van der Waals surface area contributed by atoms with Crippen LogP contribution in [0.3, 0.4) is 0 Å². The van der Waals surface area contributed by atoms with E-state index in [1.807, 2.05) is 29.2 Å².